The molecular formula is C19H31IN4. The van der Waals surface area contributed by atoms with Gasteiger partial charge < -0.3 is 10.6 Å². The molecule has 0 saturated carbocycles. The van der Waals surface area contributed by atoms with Crippen LogP contribution in [0.3, 0.4) is 0 Å². The SMILES string of the molecule is CC1CCN(C(N)=NCCCN2CCc3ccccc3C2)CC1.I. The Balaban J connectivity index is 0.00000208. The fourth-order valence-electron chi connectivity index (χ4n) is 3.57. The number of piperidine rings is 1. The molecule has 0 bridgehead atoms. The van der Waals surface area contributed by atoms with E-state index in [0.717, 1.165) is 51.0 Å². The number of likely N-dealkylation sites (tertiary alicyclic amines) is 1. The lowest BCUT2D eigenvalue weighted by molar-refractivity contribution is 0.252. The Morgan fingerprint density at radius 1 is 1.17 bits per heavy atom. The molecule has 2 N–H and O–H groups in total. The van der Waals surface area contributed by atoms with Crippen molar-refractivity contribution in [2.45, 2.75) is 39.2 Å². The monoisotopic (exact) mass is 442 g/mol. The third kappa shape index (κ3) is 5.34. The van der Waals surface area contributed by atoms with Gasteiger partial charge >= 0.3 is 0 Å². The lowest BCUT2D eigenvalue weighted by atomic mass is 10.00. The fourth-order valence-corrected chi connectivity index (χ4v) is 3.57. The molecule has 0 aromatic heterocycles. The minimum atomic E-state index is 0. The van der Waals surface area contributed by atoms with E-state index in [2.05, 4.69) is 46.0 Å². The summed E-state index contributed by atoms with van der Waals surface area (Å²) in [4.78, 5) is 9.38. The maximum absolute atomic E-state index is 6.14. The molecule has 1 saturated heterocycles. The maximum atomic E-state index is 6.14. The molecule has 2 aliphatic rings. The molecule has 0 aliphatic carbocycles. The first-order valence-electron chi connectivity index (χ1n) is 9.06. The van der Waals surface area contributed by atoms with E-state index in [1.807, 2.05) is 0 Å². The van der Waals surface area contributed by atoms with Crippen LogP contribution in [-0.4, -0.2) is 48.5 Å². The van der Waals surface area contributed by atoms with Crippen molar-refractivity contribution in [3.8, 4) is 0 Å². The molecule has 2 heterocycles. The van der Waals surface area contributed by atoms with Crippen molar-refractivity contribution < 1.29 is 0 Å². The van der Waals surface area contributed by atoms with Crippen molar-refractivity contribution in [1.29, 1.82) is 0 Å². The first-order chi connectivity index (χ1) is 11.2. The van der Waals surface area contributed by atoms with Crippen molar-refractivity contribution in [2.24, 2.45) is 16.6 Å². The molecular weight excluding hydrogens is 411 g/mol. The smallest absolute Gasteiger partial charge is 0.191 e. The maximum Gasteiger partial charge on any atom is 0.191 e. The van der Waals surface area contributed by atoms with Gasteiger partial charge in [0.2, 0.25) is 0 Å². The highest BCUT2D eigenvalue weighted by atomic mass is 127. The third-order valence-electron chi connectivity index (χ3n) is 5.22. The van der Waals surface area contributed by atoms with E-state index in [1.165, 1.54) is 36.9 Å². The van der Waals surface area contributed by atoms with Crippen molar-refractivity contribution in [3.63, 3.8) is 0 Å². The Morgan fingerprint density at radius 3 is 2.62 bits per heavy atom. The van der Waals surface area contributed by atoms with Crippen molar-refractivity contribution in [1.82, 2.24) is 9.80 Å². The standard InChI is InChI=1S/C19H30N4.HI/c1-16-7-13-23(14-8-16)19(20)21-10-4-11-22-12-9-17-5-2-3-6-18(17)15-22;/h2-3,5-6,16H,4,7-15H2,1H3,(H2,20,21);1H. The van der Waals surface area contributed by atoms with Crippen LogP contribution in [0, 0.1) is 5.92 Å². The van der Waals surface area contributed by atoms with Gasteiger partial charge in [0.1, 0.15) is 0 Å². The van der Waals surface area contributed by atoms with Crippen LogP contribution in [0.1, 0.15) is 37.3 Å². The highest BCUT2D eigenvalue weighted by Gasteiger charge is 2.17. The van der Waals surface area contributed by atoms with Crippen molar-refractivity contribution in [2.75, 3.05) is 32.7 Å². The van der Waals surface area contributed by atoms with Crippen molar-refractivity contribution >= 4 is 29.9 Å². The second-order valence-electron chi connectivity index (χ2n) is 7.06. The fraction of sp³-hybridized carbons (Fsp3) is 0.632. The number of nitrogens with two attached hydrogens (primary N) is 1. The molecule has 1 aromatic carbocycles. The zero-order valence-corrected chi connectivity index (χ0v) is 17.1. The van der Waals surface area contributed by atoms with E-state index in [-0.39, 0.29) is 24.0 Å². The number of benzene rings is 1. The first kappa shape index (κ1) is 19.5. The topological polar surface area (TPSA) is 44.9 Å². The predicted octanol–water partition coefficient (Wildman–Crippen LogP) is 3.10. The number of halogens is 1. The molecule has 5 heteroatoms. The predicted molar refractivity (Wildman–Crippen MR) is 112 cm³/mol. The van der Waals surface area contributed by atoms with Gasteiger partial charge in [-0.25, -0.2) is 0 Å². The molecule has 0 amide bonds. The average molecular weight is 442 g/mol. The first-order valence-corrected chi connectivity index (χ1v) is 9.06. The van der Waals surface area contributed by atoms with E-state index in [1.54, 1.807) is 0 Å². The number of fused-ring (bicyclic) bond motifs is 1. The molecule has 1 aromatic rings. The van der Waals surface area contributed by atoms with E-state index in [9.17, 15) is 0 Å². The van der Waals surface area contributed by atoms with E-state index in [4.69, 9.17) is 5.73 Å². The van der Waals surface area contributed by atoms with E-state index in [0.29, 0.717) is 0 Å². The van der Waals surface area contributed by atoms with Crippen LogP contribution in [0.15, 0.2) is 29.3 Å². The molecule has 0 radical (unpaired) electrons. The summed E-state index contributed by atoms with van der Waals surface area (Å²) >= 11 is 0. The Labute approximate surface area is 163 Å². The van der Waals surface area contributed by atoms with Crippen LogP contribution in [0.25, 0.3) is 0 Å². The summed E-state index contributed by atoms with van der Waals surface area (Å²) < 4.78 is 0. The average Bonchev–Trinajstić information content (AvgIpc) is 2.59. The summed E-state index contributed by atoms with van der Waals surface area (Å²) in [5.74, 6) is 1.59. The summed E-state index contributed by atoms with van der Waals surface area (Å²) in [6.45, 7) is 8.66. The van der Waals surface area contributed by atoms with Gasteiger partial charge in [0, 0.05) is 39.3 Å². The number of guanidine groups is 1. The van der Waals surface area contributed by atoms with Gasteiger partial charge in [0.25, 0.3) is 0 Å². The van der Waals surface area contributed by atoms with E-state index >= 15 is 0 Å². The summed E-state index contributed by atoms with van der Waals surface area (Å²) in [7, 11) is 0. The highest BCUT2D eigenvalue weighted by Crippen LogP contribution is 2.18. The summed E-state index contributed by atoms with van der Waals surface area (Å²) in [6, 6.07) is 8.81. The van der Waals surface area contributed by atoms with Gasteiger partial charge in [-0.3, -0.25) is 9.89 Å². The highest BCUT2D eigenvalue weighted by molar-refractivity contribution is 14.0. The molecule has 134 valence electrons. The zero-order chi connectivity index (χ0) is 16.1. The lowest BCUT2D eigenvalue weighted by Gasteiger charge is -2.31. The summed E-state index contributed by atoms with van der Waals surface area (Å²) in [5, 5.41) is 0. The summed E-state index contributed by atoms with van der Waals surface area (Å²) in [5.41, 5.74) is 9.15. The van der Waals surface area contributed by atoms with Crippen molar-refractivity contribution in [3.05, 3.63) is 35.4 Å². The molecule has 24 heavy (non-hydrogen) atoms. The van der Waals surface area contributed by atoms with Crippen LogP contribution >= 0.6 is 24.0 Å². The Hall–Kier alpha value is -0.820. The van der Waals surface area contributed by atoms with Gasteiger partial charge in [-0.2, -0.15) is 0 Å². The second kappa shape index (κ2) is 9.61. The molecule has 0 unspecified atom stereocenters. The molecule has 2 aliphatic heterocycles. The van der Waals surface area contributed by atoms with Gasteiger partial charge in [0.15, 0.2) is 5.96 Å². The third-order valence-corrected chi connectivity index (χ3v) is 5.22. The van der Waals surface area contributed by atoms with Crippen LogP contribution in [0.5, 0.6) is 0 Å². The molecule has 4 nitrogen and oxygen atoms in total. The minimum Gasteiger partial charge on any atom is -0.370 e. The van der Waals surface area contributed by atoms with Gasteiger partial charge in [-0.1, -0.05) is 31.2 Å². The Bertz CT molecular complexity index is 538. The molecule has 0 spiro atoms. The molecule has 0 atom stereocenters. The normalized spacial score (nSPS) is 19.7. The lowest BCUT2D eigenvalue weighted by Crippen LogP contribution is -2.42. The number of aliphatic imine (C=N–C) groups is 1. The molecule has 3 rings (SSSR count). The largest absolute Gasteiger partial charge is 0.370 e. The number of rotatable bonds is 4. The molecule has 1 fully saturated rings. The zero-order valence-electron chi connectivity index (χ0n) is 14.8. The Kier molecular flexibility index (Phi) is 7.81. The van der Waals surface area contributed by atoms with Crippen LogP contribution in [-0.2, 0) is 13.0 Å². The van der Waals surface area contributed by atoms with Gasteiger partial charge in [-0.15, -0.1) is 24.0 Å². The van der Waals surface area contributed by atoms with Crippen LogP contribution < -0.4 is 5.73 Å². The number of hydrogen-bond acceptors (Lipinski definition) is 2. The summed E-state index contributed by atoms with van der Waals surface area (Å²) in [6.07, 6.45) is 4.74. The number of nitrogens with zero attached hydrogens (tertiary/aromatic N) is 3. The van der Waals surface area contributed by atoms with Crippen LogP contribution in [0.2, 0.25) is 0 Å². The van der Waals surface area contributed by atoms with Gasteiger partial charge in [0.05, 0.1) is 0 Å². The second-order valence-corrected chi connectivity index (χ2v) is 7.06. The van der Waals surface area contributed by atoms with Crippen LogP contribution in [0.4, 0.5) is 0 Å². The van der Waals surface area contributed by atoms with Gasteiger partial charge in [-0.05, 0) is 42.7 Å². The van der Waals surface area contributed by atoms with E-state index < -0.39 is 0 Å². The minimum absolute atomic E-state index is 0. The Morgan fingerprint density at radius 2 is 1.88 bits per heavy atom. The number of hydrogen-bond donors (Lipinski definition) is 1. The quantitative estimate of drug-likeness (QED) is 0.338.